The minimum Gasteiger partial charge on any atom is -0.454 e. The number of hydrogen-bond donors (Lipinski definition) is 0. The van der Waals surface area contributed by atoms with Gasteiger partial charge in [0.15, 0.2) is 6.61 Å². The van der Waals surface area contributed by atoms with Crippen molar-refractivity contribution in [3.8, 4) is 11.5 Å². The molecular formula is C22H15ClN2O8. The van der Waals surface area contributed by atoms with Crippen LogP contribution in [0.25, 0.3) is 0 Å². The van der Waals surface area contributed by atoms with Crippen molar-refractivity contribution in [2.45, 2.75) is 6.92 Å². The molecule has 3 aromatic carbocycles. The van der Waals surface area contributed by atoms with Gasteiger partial charge in [-0.25, -0.2) is 4.79 Å². The van der Waals surface area contributed by atoms with Crippen LogP contribution in [0, 0.1) is 27.2 Å². The quantitative estimate of drug-likeness (QED) is 0.187. The molecule has 0 aliphatic rings. The first kappa shape index (κ1) is 23.4. The molecule has 0 heterocycles. The standard InChI is InChI=1S/C22H15ClN2O8/c1-13-8-9-14(11-19(13)25(30)31)20(26)12-32-22(27)15-4-2-5-16(10-15)33-21-17(23)6-3-7-18(21)24(28)29/h2-11H,12H2,1H3. The lowest BCUT2D eigenvalue weighted by molar-refractivity contribution is -0.385. The van der Waals surface area contributed by atoms with E-state index in [4.69, 9.17) is 21.1 Å². The van der Waals surface area contributed by atoms with Gasteiger partial charge in [0.25, 0.3) is 5.69 Å². The maximum Gasteiger partial charge on any atom is 0.338 e. The SMILES string of the molecule is Cc1ccc(C(=O)COC(=O)c2cccc(Oc3c(Cl)cccc3[N+](=O)[O-])c2)cc1[N+](=O)[O-]. The Hall–Kier alpha value is -4.31. The normalized spacial score (nSPS) is 10.4. The minimum atomic E-state index is -0.857. The molecule has 0 atom stereocenters. The van der Waals surface area contributed by atoms with Crippen molar-refractivity contribution in [3.63, 3.8) is 0 Å². The molecular weight excluding hydrogens is 456 g/mol. The zero-order valence-corrected chi connectivity index (χ0v) is 17.8. The van der Waals surface area contributed by atoms with Crippen molar-refractivity contribution in [3.05, 3.63) is 103 Å². The van der Waals surface area contributed by atoms with Gasteiger partial charge in [-0.15, -0.1) is 0 Å². The number of benzene rings is 3. The average molecular weight is 471 g/mol. The van der Waals surface area contributed by atoms with Crippen LogP contribution >= 0.6 is 11.6 Å². The fraction of sp³-hybridized carbons (Fsp3) is 0.0909. The Balaban J connectivity index is 1.72. The van der Waals surface area contributed by atoms with Gasteiger partial charge in [0.05, 0.1) is 20.4 Å². The molecule has 11 heteroatoms. The zero-order valence-electron chi connectivity index (χ0n) is 17.0. The van der Waals surface area contributed by atoms with E-state index in [0.717, 1.165) is 6.07 Å². The number of ketones is 1. The molecule has 0 unspecified atom stereocenters. The summed E-state index contributed by atoms with van der Waals surface area (Å²) >= 11 is 6.01. The maximum atomic E-state index is 12.4. The van der Waals surface area contributed by atoms with Crippen LogP contribution < -0.4 is 4.74 Å². The lowest BCUT2D eigenvalue weighted by atomic mass is 10.1. The van der Waals surface area contributed by atoms with Gasteiger partial charge in [-0.1, -0.05) is 35.9 Å². The number of para-hydroxylation sites is 1. The van der Waals surface area contributed by atoms with E-state index in [1.807, 2.05) is 0 Å². The highest BCUT2D eigenvalue weighted by Crippen LogP contribution is 2.37. The van der Waals surface area contributed by atoms with E-state index in [2.05, 4.69) is 0 Å². The van der Waals surface area contributed by atoms with Crippen LogP contribution in [0.4, 0.5) is 11.4 Å². The van der Waals surface area contributed by atoms with Gasteiger partial charge in [-0.3, -0.25) is 25.0 Å². The van der Waals surface area contributed by atoms with E-state index in [9.17, 15) is 29.8 Å². The van der Waals surface area contributed by atoms with Crippen molar-refractivity contribution >= 4 is 34.7 Å². The third-order valence-corrected chi connectivity index (χ3v) is 4.79. The van der Waals surface area contributed by atoms with Crippen molar-refractivity contribution in [1.29, 1.82) is 0 Å². The Morgan fingerprint density at radius 2 is 1.61 bits per heavy atom. The van der Waals surface area contributed by atoms with Gasteiger partial charge in [0.2, 0.25) is 11.5 Å². The highest BCUT2D eigenvalue weighted by atomic mass is 35.5. The van der Waals surface area contributed by atoms with Crippen molar-refractivity contribution < 1.29 is 28.9 Å². The first-order valence-electron chi connectivity index (χ1n) is 9.33. The summed E-state index contributed by atoms with van der Waals surface area (Å²) in [6.45, 7) is 0.902. The molecule has 3 aromatic rings. The van der Waals surface area contributed by atoms with E-state index >= 15 is 0 Å². The minimum absolute atomic E-state index is 0.00923. The van der Waals surface area contributed by atoms with Crippen LogP contribution in [-0.2, 0) is 4.74 Å². The number of nitro groups is 2. The molecule has 0 N–H and O–H groups in total. The molecule has 0 aliphatic carbocycles. The summed E-state index contributed by atoms with van der Waals surface area (Å²) < 4.78 is 10.5. The number of esters is 1. The van der Waals surface area contributed by atoms with Crippen LogP contribution in [0.5, 0.6) is 11.5 Å². The summed E-state index contributed by atoms with van der Waals surface area (Å²) in [7, 11) is 0. The molecule has 0 aliphatic heterocycles. The number of ether oxygens (including phenoxy) is 2. The van der Waals surface area contributed by atoms with Crippen molar-refractivity contribution in [2.75, 3.05) is 6.61 Å². The van der Waals surface area contributed by atoms with E-state index in [0.29, 0.717) is 5.56 Å². The summed E-state index contributed by atoms with van der Waals surface area (Å²) in [6, 6.07) is 13.6. The van der Waals surface area contributed by atoms with E-state index < -0.39 is 28.2 Å². The lowest BCUT2D eigenvalue weighted by Gasteiger charge is -2.09. The van der Waals surface area contributed by atoms with Crippen LogP contribution in [0.1, 0.15) is 26.3 Å². The molecule has 0 fully saturated rings. The summed E-state index contributed by atoms with van der Waals surface area (Å²) in [5.74, 6) is -1.58. The summed E-state index contributed by atoms with van der Waals surface area (Å²) in [5.41, 5.74) is -0.129. The van der Waals surface area contributed by atoms with Gasteiger partial charge in [0, 0.05) is 23.3 Å². The lowest BCUT2D eigenvalue weighted by Crippen LogP contribution is -2.14. The number of halogens is 1. The van der Waals surface area contributed by atoms with Gasteiger partial charge in [-0.05, 0) is 31.2 Å². The topological polar surface area (TPSA) is 139 Å². The van der Waals surface area contributed by atoms with E-state index in [1.165, 1.54) is 54.6 Å². The van der Waals surface area contributed by atoms with Crippen LogP contribution in [-0.4, -0.2) is 28.2 Å². The van der Waals surface area contributed by atoms with Gasteiger partial charge in [-0.2, -0.15) is 0 Å². The molecule has 33 heavy (non-hydrogen) atoms. The second-order valence-corrected chi connectivity index (χ2v) is 7.14. The molecule has 0 bridgehead atoms. The second kappa shape index (κ2) is 9.88. The molecule has 0 spiro atoms. The Labute approximate surface area is 191 Å². The summed E-state index contributed by atoms with van der Waals surface area (Å²) in [5, 5.41) is 22.3. The van der Waals surface area contributed by atoms with E-state index in [-0.39, 0.29) is 39.0 Å². The summed E-state index contributed by atoms with van der Waals surface area (Å²) in [4.78, 5) is 45.7. The molecule has 0 aromatic heterocycles. The molecule has 3 rings (SSSR count). The number of nitro benzene ring substituents is 2. The van der Waals surface area contributed by atoms with Crippen LogP contribution in [0.2, 0.25) is 5.02 Å². The Morgan fingerprint density at radius 3 is 2.30 bits per heavy atom. The fourth-order valence-corrected chi connectivity index (χ4v) is 3.03. The molecule has 0 saturated heterocycles. The average Bonchev–Trinajstić information content (AvgIpc) is 2.78. The van der Waals surface area contributed by atoms with Crippen molar-refractivity contribution in [1.82, 2.24) is 0 Å². The molecule has 0 radical (unpaired) electrons. The number of Topliss-reactive ketones (excluding diaryl/α,β-unsaturated/α-hetero) is 1. The zero-order chi connectivity index (χ0) is 24.1. The largest absolute Gasteiger partial charge is 0.454 e. The highest BCUT2D eigenvalue weighted by molar-refractivity contribution is 6.32. The number of rotatable bonds is 8. The van der Waals surface area contributed by atoms with Crippen LogP contribution in [0.15, 0.2) is 60.7 Å². The number of hydrogen-bond acceptors (Lipinski definition) is 8. The monoisotopic (exact) mass is 470 g/mol. The Bertz CT molecular complexity index is 1280. The van der Waals surface area contributed by atoms with Crippen LogP contribution in [0.3, 0.4) is 0 Å². The van der Waals surface area contributed by atoms with Gasteiger partial charge in [0.1, 0.15) is 5.75 Å². The maximum absolute atomic E-state index is 12.4. The number of carbonyl (C=O) groups excluding carboxylic acids is 2. The molecule has 10 nitrogen and oxygen atoms in total. The predicted molar refractivity (Wildman–Crippen MR) is 117 cm³/mol. The predicted octanol–water partition coefficient (Wildman–Crippen LogP) is 5.30. The number of aryl methyl sites for hydroxylation is 1. The second-order valence-electron chi connectivity index (χ2n) is 6.73. The number of nitrogens with zero attached hydrogens (tertiary/aromatic N) is 2. The Kier molecular flexibility index (Phi) is 6.99. The third kappa shape index (κ3) is 5.49. The molecule has 0 amide bonds. The van der Waals surface area contributed by atoms with Crippen molar-refractivity contribution in [2.24, 2.45) is 0 Å². The highest BCUT2D eigenvalue weighted by Gasteiger charge is 2.20. The van der Waals surface area contributed by atoms with Gasteiger partial charge < -0.3 is 9.47 Å². The first-order valence-corrected chi connectivity index (χ1v) is 9.71. The molecule has 0 saturated carbocycles. The molecule has 168 valence electrons. The fourth-order valence-electron chi connectivity index (χ4n) is 2.82. The smallest absolute Gasteiger partial charge is 0.338 e. The van der Waals surface area contributed by atoms with Gasteiger partial charge >= 0.3 is 11.7 Å². The number of carbonyl (C=O) groups is 2. The Morgan fingerprint density at radius 1 is 0.909 bits per heavy atom. The first-order chi connectivity index (χ1) is 15.7. The summed E-state index contributed by atoms with van der Waals surface area (Å²) in [6.07, 6.45) is 0. The van der Waals surface area contributed by atoms with E-state index in [1.54, 1.807) is 6.92 Å². The third-order valence-electron chi connectivity index (χ3n) is 4.49.